The summed E-state index contributed by atoms with van der Waals surface area (Å²) in [5.41, 5.74) is 2.91. The third-order valence-corrected chi connectivity index (χ3v) is 7.00. The highest BCUT2D eigenvalue weighted by molar-refractivity contribution is 5.98. The third-order valence-electron chi connectivity index (χ3n) is 7.00. The van der Waals surface area contributed by atoms with Crippen molar-refractivity contribution < 1.29 is 34.4 Å². The zero-order chi connectivity index (χ0) is 27.1. The molecule has 3 N–H and O–H groups in total. The lowest BCUT2D eigenvalue weighted by Crippen LogP contribution is -2.13. The van der Waals surface area contributed by atoms with Crippen molar-refractivity contribution in [2.24, 2.45) is 0 Å². The van der Waals surface area contributed by atoms with Crippen LogP contribution < -0.4 is 0 Å². The summed E-state index contributed by atoms with van der Waals surface area (Å²) in [6.07, 6.45) is 2.11. The maximum absolute atomic E-state index is 12.6. The predicted molar refractivity (Wildman–Crippen MR) is 137 cm³/mol. The minimum absolute atomic E-state index is 0.0105. The summed E-state index contributed by atoms with van der Waals surface area (Å²) in [6, 6.07) is 10.4. The fourth-order valence-corrected chi connectivity index (χ4v) is 5.01. The number of esters is 1. The highest BCUT2D eigenvalue weighted by atomic mass is 16.5. The molecule has 9 heteroatoms. The van der Waals surface area contributed by atoms with Gasteiger partial charge in [0, 0.05) is 46.0 Å². The molecule has 194 valence electrons. The fourth-order valence-electron chi connectivity index (χ4n) is 5.01. The minimum atomic E-state index is -0.927. The minimum Gasteiger partial charge on any atom is -0.507 e. The maximum Gasteiger partial charge on any atom is 0.306 e. The Balaban J connectivity index is 1.76. The van der Waals surface area contributed by atoms with Crippen LogP contribution in [0.2, 0.25) is 0 Å². The van der Waals surface area contributed by atoms with Gasteiger partial charge in [0.15, 0.2) is 5.78 Å². The van der Waals surface area contributed by atoms with Gasteiger partial charge in [0.1, 0.15) is 23.4 Å². The first kappa shape index (κ1) is 25.2. The molecule has 38 heavy (non-hydrogen) atoms. The summed E-state index contributed by atoms with van der Waals surface area (Å²) in [4.78, 5) is 33.7. The molecule has 0 amide bonds. The van der Waals surface area contributed by atoms with E-state index in [1.165, 1.54) is 20.1 Å². The Bertz CT molecular complexity index is 1600. The molecule has 3 heterocycles. The summed E-state index contributed by atoms with van der Waals surface area (Å²) < 4.78 is 10.9. The summed E-state index contributed by atoms with van der Waals surface area (Å²) >= 11 is 0. The predicted octanol–water partition coefficient (Wildman–Crippen LogP) is 4.57. The molecule has 0 fully saturated rings. The van der Waals surface area contributed by atoms with Crippen molar-refractivity contribution in [3.05, 3.63) is 87.9 Å². The van der Waals surface area contributed by atoms with Gasteiger partial charge in [0.2, 0.25) is 0 Å². The van der Waals surface area contributed by atoms with E-state index in [9.17, 15) is 24.9 Å². The van der Waals surface area contributed by atoms with Crippen LogP contribution in [-0.4, -0.2) is 44.1 Å². The van der Waals surface area contributed by atoms with E-state index >= 15 is 0 Å². The van der Waals surface area contributed by atoms with E-state index in [4.69, 9.17) is 9.47 Å². The van der Waals surface area contributed by atoms with Crippen LogP contribution in [0.15, 0.2) is 48.8 Å². The number of ketones is 1. The number of benzene rings is 2. The number of aromatic hydroxyl groups is 3. The molecule has 0 unspecified atom stereocenters. The number of methoxy groups -OCH3 is 1. The molecular formula is C29H26N2O7. The number of phenols is 2. The van der Waals surface area contributed by atoms with Crippen LogP contribution in [0, 0.1) is 6.92 Å². The number of pyridine rings is 2. The largest absolute Gasteiger partial charge is 0.507 e. The fraction of sp³-hybridized carbons (Fsp3) is 0.241. The molecule has 2 aromatic carbocycles. The maximum atomic E-state index is 12.6. The first-order chi connectivity index (χ1) is 18.2. The van der Waals surface area contributed by atoms with Crippen molar-refractivity contribution in [2.75, 3.05) is 7.11 Å². The molecule has 2 atom stereocenters. The van der Waals surface area contributed by atoms with Crippen LogP contribution in [-0.2, 0) is 20.9 Å². The Kier molecular flexibility index (Phi) is 6.46. The number of carbonyl (C=O) groups is 2. The van der Waals surface area contributed by atoms with Crippen LogP contribution >= 0.6 is 0 Å². The Hall–Kier alpha value is -4.50. The SMILES string of the molecule is COC(=O)C[C@@H](c1ccc2ncccc2c1)c1c(O)c(C(C)=O)cc([C@H]2OCc3cnc(C)c(O)c32)c1O. The van der Waals surface area contributed by atoms with Crippen LogP contribution in [0.3, 0.4) is 0 Å². The van der Waals surface area contributed by atoms with Crippen molar-refractivity contribution in [1.29, 1.82) is 0 Å². The topological polar surface area (TPSA) is 139 Å². The summed E-state index contributed by atoms with van der Waals surface area (Å²) in [5.74, 6) is -2.75. The second-order valence-electron chi connectivity index (χ2n) is 9.29. The molecule has 0 spiro atoms. The van der Waals surface area contributed by atoms with Gasteiger partial charge in [-0.3, -0.25) is 19.6 Å². The van der Waals surface area contributed by atoms with Gasteiger partial charge in [-0.1, -0.05) is 12.1 Å². The van der Waals surface area contributed by atoms with E-state index in [1.54, 1.807) is 37.5 Å². The number of aryl methyl sites for hydroxylation is 1. The Labute approximate surface area is 218 Å². The van der Waals surface area contributed by atoms with E-state index in [-0.39, 0.29) is 41.2 Å². The molecule has 0 radical (unpaired) electrons. The number of hydrogen-bond donors (Lipinski definition) is 3. The zero-order valence-electron chi connectivity index (χ0n) is 21.1. The molecule has 1 aliphatic heterocycles. The van der Waals surface area contributed by atoms with E-state index in [0.717, 1.165) is 10.9 Å². The van der Waals surface area contributed by atoms with Crippen molar-refractivity contribution in [3.8, 4) is 17.2 Å². The number of fused-ring (bicyclic) bond motifs is 2. The van der Waals surface area contributed by atoms with Gasteiger partial charge in [0.25, 0.3) is 0 Å². The molecule has 9 nitrogen and oxygen atoms in total. The van der Waals surface area contributed by atoms with Crippen molar-refractivity contribution in [3.63, 3.8) is 0 Å². The monoisotopic (exact) mass is 514 g/mol. The third kappa shape index (κ3) is 4.20. The van der Waals surface area contributed by atoms with Gasteiger partial charge in [-0.2, -0.15) is 0 Å². The van der Waals surface area contributed by atoms with Crippen molar-refractivity contribution >= 4 is 22.7 Å². The Morgan fingerprint density at radius 1 is 1.11 bits per heavy atom. The summed E-state index contributed by atoms with van der Waals surface area (Å²) in [6.45, 7) is 3.08. The normalized spacial score (nSPS) is 15.3. The number of ether oxygens (including phenoxy) is 2. The first-order valence-corrected chi connectivity index (χ1v) is 12.0. The van der Waals surface area contributed by atoms with Crippen molar-refractivity contribution in [1.82, 2.24) is 9.97 Å². The first-order valence-electron chi connectivity index (χ1n) is 12.0. The average Bonchev–Trinajstić information content (AvgIpc) is 3.34. The standard InChI is InChI=1S/C29H26N2O7/c1-14-26(34)24-18(12-31-14)13-38-29(24)21-10-19(15(2)32)27(35)25(28(21)36)20(11-23(33)37-3)16-6-7-22-17(9-16)5-4-8-30-22/h4-10,12,20,29,34-36H,11,13H2,1-3H3/t20-,29+/m0/s1. The van der Waals surface area contributed by atoms with Crippen molar-refractivity contribution in [2.45, 2.75) is 38.9 Å². The summed E-state index contributed by atoms with van der Waals surface area (Å²) in [7, 11) is 1.25. The Morgan fingerprint density at radius 3 is 2.63 bits per heavy atom. The van der Waals surface area contributed by atoms with Crippen LogP contribution in [0.5, 0.6) is 17.2 Å². The highest BCUT2D eigenvalue weighted by Crippen LogP contribution is 2.50. The van der Waals surface area contributed by atoms with Gasteiger partial charge in [0.05, 0.1) is 36.9 Å². The van der Waals surface area contributed by atoms with Gasteiger partial charge >= 0.3 is 5.97 Å². The number of Topliss-reactive ketones (excluding diaryl/α,β-unsaturated/α-hetero) is 1. The Morgan fingerprint density at radius 2 is 1.89 bits per heavy atom. The number of nitrogens with zero attached hydrogens (tertiary/aromatic N) is 2. The molecule has 5 rings (SSSR count). The second kappa shape index (κ2) is 9.75. The van der Waals surface area contributed by atoms with E-state index in [2.05, 4.69) is 9.97 Å². The molecule has 0 bridgehead atoms. The van der Waals surface area contributed by atoms with E-state index in [1.807, 2.05) is 12.1 Å². The lowest BCUT2D eigenvalue weighted by molar-refractivity contribution is -0.140. The average molecular weight is 515 g/mol. The number of carbonyl (C=O) groups excluding carboxylic acids is 2. The van der Waals surface area contributed by atoms with Gasteiger partial charge < -0.3 is 24.8 Å². The quantitative estimate of drug-likeness (QED) is 0.249. The van der Waals surface area contributed by atoms with Gasteiger partial charge in [-0.25, -0.2) is 0 Å². The number of phenolic OH excluding ortho intramolecular Hbond substituents is 2. The van der Waals surface area contributed by atoms with E-state index in [0.29, 0.717) is 22.4 Å². The van der Waals surface area contributed by atoms with Crippen LogP contribution in [0.1, 0.15) is 69.2 Å². The van der Waals surface area contributed by atoms with Gasteiger partial charge in [-0.05, 0) is 43.7 Å². The summed E-state index contributed by atoms with van der Waals surface area (Å²) in [5, 5.41) is 34.5. The molecule has 0 saturated carbocycles. The zero-order valence-corrected chi connectivity index (χ0v) is 21.1. The molecule has 1 aliphatic rings. The second-order valence-corrected chi connectivity index (χ2v) is 9.29. The highest BCUT2D eigenvalue weighted by Gasteiger charge is 2.36. The van der Waals surface area contributed by atoms with Gasteiger partial charge in [-0.15, -0.1) is 0 Å². The number of aromatic nitrogens is 2. The molecule has 0 aliphatic carbocycles. The van der Waals surface area contributed by atoms with E-state index < -0.39 is 29.5 Å². The number of rotatable bonds is 6. The molecule has 4 aromatic rings. The molecule has 0 saturated heterocycles. The smallest absolute Gasteiger partial charge is 0.306 e. The molecule has 2 aromatic heterocycles. The lowest BCUT2D eigenvalue weighted by Gasteiger charge is -2.24. The number of hydrogen-bond acceptors (Lipinski definition) is 9. The van der Waals surface area contributed by atoms with Crippen LogP contribution in [0.4, 0.5) is 0 Å². The molecular weight excluding hydrogens is 488 g/mol. The lowest BCUT2D eigenvalue weighted by atomic mass is 9.82. The van der Waals surface area contributed by atoms with Crippen LogP contribution in [0.25, 0.3) is 10.9 Å².